The summed E-state index contributed by atoms with van der Waals surface area (Å²) in [5.74, 6) is -0.876. The van der Waals surface area contributed by atoms with E-state index in [9.17, 15) is 4.79 Å². The summed E-state index contributed by atoms with van der Waals surface area (Å²) < 4.78 is 14.6. The third kappa shape index (κ3) is 4.36. The van der Waals surface area contributed by atoms with Gasteiger partial charge in [-0.05, 0) is 74.9 Å². The summed E-state index contributed by atoms with van der Waals surface area (Å²) in [6, 6.07) is 14.1. The second-order valence-corrected chi connectivity index (χ2v) is 8.83. The van der Waals surface area contributed by atoms with Gasteiger partial charge in [0, 0.05) is 23.5 Å². The van der Waals surface area contributed by atoms with Gasteiger partial charge in [0.05, 0.1) is 24.6 Å². The van der Waals surface area contributed by atoms with Crippen molar-refractivity contribution in [2.75, 3.05) is 31.2 Å². The van der Waals surface area contributed by atoms with Crippen LogP contribution >= 0.6 is 11.9 Å². The highest BCUT2D eigenvalue weighted by molar-refractivity contribution is 7.97. The highest BCUT2D eigenvalue weighted by atomic mass is 32.2. The number of para-hydroxylation sites is 1. The van der Waals surface area contributed by atoms with Gasteiger partial charge in [0.15, 0.2) is 5.79 Å². The predicted molar refractivity (Wildman–Crippen MR) is 116 cm³/mol. The first kappa shape index (κ1) is 20.4. The van der Waals surface area contributed by atoms with Gasteiger partial charge in [-0.15, -0.1) is 0 Å². The Labute approximate surface area is 177 Å². The highest BCUT2D eigenvalue weighted by Gasteiger charge is 2.35. The Morgan fingerprint density at radius 3 is 2.45 bits per heavy atom. The fourth-order valence-corrected chi connectivity index (χ4v) is 4.98. The Morgan fingerprint density at radius 2 is 1.76 bits per heavy atom. The van der Waals surface area contributed by atoms with Gasteiger partial charge < -0.3 is 9.47 Å². The van der Waals surface area contributed by atoms with E-state index in [4.69, 9.17) is 9.47 Å². The first-order valence-electron chi connectivity index (χ1n) is 10.3. The molecule has 2 aromatic rings. The molecule has 2 aromatic carbocycles. The lowest BCUT2D eigenvalue weighted by atomic mass is 10.0. The van der Waals surface area contributed by atoms with Crippen LogP contribution in [0.1, 0.15) is 37.3 Å². The molecule has 0 N–H and O–H groups in total. The van der Waals surface area contributed by atoms with Crippen molar-refractivity contribution < 1.29 is 14.3 Å². The monoisotopic (exact) mass is 412 g/mol. The van der Waals surface area contributed by atoms with Crippen molar-refractivity contribution in [2.45, 2.75) is 43.8 Å². The number of hydrogen-bond acceptors (Lipinski definition) is 5. The summed E-state index contributed by atoms with van der Waals surface area (Å²) >= 11 is 1.77. The number of rotatable bonds is 6. The number of anilines is 2. The van der Waals surface area contributed by atoms with Crippen molar-refractivity contribution in [2.24, 2.45) is 0 Å². The number of aryl methyl sites for hydroxylation is 1. The van der Waals surface area contributed by atoms with Crippen LogP contribution in [0, 0.1) is 6.92 Å². The summed E-state index contributed by atoms with van der Waals surface area (Å²) in [4.78, 5) is 15.0. The SMILES string of the molecule is Cc1ccccc1N(C=O)c1ccc(SN2CCCC2)cc1C1(C)OCCCO1. The average Bonchev–Trinajstić information content (AvgIpc) is 3.24. The first-order valence-corrected chi connectivity index (χ1v) is 11.0. The molecule has 29 heavy (non-hydrogen) atoms. The number of benzene rings is 2. The quantitative estimate of drug-likeness (QED) is 0.493. The molecule has 0 bridgehead atoms. The van der Waals surface area contributed by atoms with Crippen LogP contribution in [0.4, 0.5) is 11.4 Å². The molecule has 2 fully saturated rings. The summed E-state index contributed by atoms with van der Waals surface area (Å²) in [5, 5.41) is 0. The molecule has 0 radical (unpaired) electrons. The van der Waals surface area contributed by atoms with Crippen LogP contribution in [0.15, 0.2) is 47.4 Å². The van der Waals surface area contributed by atoms with Gasteiger partial charge in [-0.3, -0.25) is 9.69 Å². The van der Waals surface area contributed by atoms with E-state index in [1.54, 1.807) is 16.8 Å². The number of ether oxygens (including phenoxy) is 2. The van der Waals surface area contributed by atoms with Gasteiger partial charge in [0.25, 0.3) is 0 Å². The van der Waals surface area contributed by atoms with Crippen LogP contribution in [0.3, 0.4) is 0 Å². The average molecular weight is 413 g/mol. The summed E-state index contributed by atoms with van der Waals surface area (Å²) in [6.07, 6.45) is 4.24. The smallest absolute Gasteiger partial charge is 0.218 e. The minimum atomic E-state index is -0.876. The van der Waals surface area contributed by atoms with Crippen LogP contribution in [0.5, 0.6) is 0 Å². The Morgan fingerprint density at radius 1 is 1.03 bits per heavy atom. The molecule has 154 valence electrons. The number of amides is 1. The minimum Gasteiger partial charge on any atom is -0.346 e. The topological polar surface area (TPSA) is 42.0 Å². The fraction of sp³-hybridized carbons (Fsp3) is 0.435. The molecule has 5 nitrogen and oxygen atoms in total. The Kier molecular flexibility index (Phi) is 6.25. The molecule has 2 saturated heterocycles. The van der Waals surface area contributed by atoms with E-state index in [1.807, 2.05) is 44.2 Å². The summed E-state index contributed by atoms with van der Waals surface area (Å²) in [5.41, 5.74) is 3.58. The van der Waals surface area contributed by atoms with Gasteiger partial charge in [-0.1, -0.05) is 18.2 Å². The van der Waals surface area contributed by atoms with Crippen LogP contribution in [-0.4, -0.2) is 37.0 Å². The van der Waals surface area contributed by atoms with Crippen LogP contribution in [0.2, 0.25) is 0 Å². The number of hydrogen-bond donors (Lipinski definition) is 0. The third-order valence-electron chi connectivity index (χ3n) is 5.54. The standard InChI is InChI=1S/C23H28N2O3S/c1-18-8-3-4-9-21(18)25(17-26)22-11-10-19(29-24-12-5-6-13-24)16-20(22)23(2)27-14-7-15-28-23/h3-4,8-11,16-17H,5-7,12-15H2,1-2H3. The first-order chi connectivity index (χ1) is 14.1. The lowest BCUT2D eigenvalue weighted by Crippen LogP contribution is -2.36. The van der Waals surface area contributed by atoms with Crippen LogP contribution in [0.25, 0.3) is 0 Å². The maximum absolute atomic E-state index is 12.2. The minimum absolute atomic E-state index is 0.644. The van der Waals surface area contributed by atoms with Gasteiger partial charge in [0.2, 0.25) is 6.41 Å². The maximum atomic E-state index is 12.2. The van der Waals surface area contributed by atoms with Crippen molar-refractivity contribution in [3.05, 3.63) is 53.6 Å². The zero-order valence-electron chi connectivity index (χ0n) is 17.1. The highest BCUT2D eigenvalue weighted by Crippen LogP contribution is 2.42. The predicted octanol–water partition coefficient (Wildman–Crippen LogP) is 5.00. The lowest BCUT2D eigenvalue weighted by molar-refractivity contribution is -0.264. The third-order valence-corrected chi connectivity index (χ3v) is 6.63. The number of nitrogens with zero attached hydrogens (tertiary/aromatic N) is 2. The van der Waals surface area contributed by atoms with Crippen molar-refractivity contribution in [1.82, 2.24) is 4.31 Å². The van der Waals surface area contributed by atoms with Crippen molar-refractivity contribution in [3.63, 3.8) is 0 Å². The molecule has 0 unspecified atom stereocenters. The van der Waals surface area contributed by atoms with E-state index in [0.717, 1.165) is 53.3 Å². The van der Waals surface area contributed by atoms with Crippen molar-refractivity contribution in [1.29, 1.82) is 0 Å². The molecule has 4 rings (SSSR count). The van der Waals surface area contributed by atoms with Gasteiger partial charge in [-0.2, -0.15) is 0 Å². The van der Waals surface area contributed by atoms with Gasteiger partial charge in [0.1, 0.15) is 0 Å². The molecule has 0 atom stereocenters. The number of carbonyl (C=O) groups is 1. The molecule has 2 heterocycles. The van der Waals surface area contributed by atoms with E-state index < -0.39 is 5.79 Å². The molecule has 0 saturated carbocycles. The maximum Gasteiger partial charge on any atom is 0.218 e. The second kappa shape index (κ2) is 8.88. The van der Waals surface area contributed by atoms with Gasteiger partial charge >= 0.3 is 0 Å². The van der Waals surface area contributed by atoms with Crippen molar-refractivity contribution >= 4 is 29.7 Å². The summed E-state index contributed by atoms with van der Waals surface area (Å²) in [6.45, 7) is 7.47. The van der Waals surface area contributed by atoms with E-state index in [1.165, 1.54) is 12.8 Å². The van der Waals surface area contributed by atoms with Crippen LogP contribution in [-0.2, 0) is 20.1 Å². The fourth-order valence-electron chi connectivity index (χ4n) is 3.94. The molecule has 1 amide bonds. The van der Waals surface area contributed by atoms with E-state index >= 15 is 0 Å². The van der Waals surface area contributed by atoms with E-state index in [0.29, 0.717) is 13.2 Å². The lowest BCUT2D eigenvalue weighted by Gasteiger charge is -2.37. The molecule has 0 aliphatic carbocycles. The second-order valence-electron chi connectivity index (χ2n) is 7.66. The molecule has 6 heteroatoms. The largest absolute Gasteiger partial charge is 0.346 e. The Bertz CT molecular complexity index is 861. The van der Waals surface area contributed by atoms with Crippen molar-refractivity contribution in [3.8, 4) is 0 Å². The van der Waals surface area contributed by atoms with E-state index in [2.05, 4.69) is 16.4 Å². The molecule has 2 aliphatic heterocycles. The molecular formula is C23H28N2O3S. The molecule has 2 aliphatic rings. The molecule has 0 aromatic heterocycles. The zero-order chi connectivity index (χ0) is 20.3. The molecular weight excluding hydrogens is 384 g/mol. The zero-order valence-corrected chi connectivity index (χ0v) is 17.9. The Balaban J connectivity index is 1.77. The van der Waals surface area contributed by atoms with E-state index in [-0.39, 0.29) is 0 Å². The number of carbonyl (C=O) groups excluding carboxylic acids is 1. The summed E-state index contributed by atoms with van der Waals surface area (Å²) in [7, 11) is 0. The normalized spacial score (nSPS) is 19.2. The van der Waals surface area contributed by atoms with Crippen LogP contribution < -0.4 is 4.90 Å². The van der Waals surface area contributed by atoms with Gasteiger partial charge in [-0.25, -0.2) is 4.31 Å². The molecule has 0 spiro atoms. The Hall–Kier alpha value is -1.86.